The van der Waals surface area contributed by atoms with Gasteiger partial charge in [-0.05, 0) is 30.9 Å². The molecule has 1 fully saturated rings. The molecule has 1 aromatic carbocycles. The van der Waals surface area contributed by atoms with Crippen LogP contribution < -0.4 is 10.5 Å². The molecule has 0 heterocycles. The summed E-state index contributed by atoms with van der Waals surface area (Å²) >= 11 is 0. The molecule has 1 saturated carbocycles. The molecule has 0 aromatic heterocycles. The Labute approximate surface area is 129 Å². The molecule has 8 heteroatoms. The quantitative estimate of drug-likeness (QED) is 0.792. The van der Waals surface area contributed by atoms with E-state index in [2.05, 4.69) is 0 Å². The van der Waals surface area contributed by atoms with Gasteiger partial charge in [-0.3, -0.25) is 0 Å². The van der Waals surface area contributed by atoms with E-state index < -0.39 is 35.3 Å². The van der Waals surface area contributed by atoms with Crippen LogP contribution in [0, 0.1) is 5.92 Å². The lowest BCUT2D eigenvalue weighted by molar-refractivity contribution is -0.143. The molecule has 0 spiro atoms. The minimum atomic E-state index is -4.94. The first-order valence-corrected chi connectivity index (χ1v) is 7.17. The summed E-state index contributed by atoms with van der Waals surface area (Å²) < 4.78 is 83.3. The van der Waals surface area contributed by atoms with Gasteiger partial charge in [0.15, 0.2) is 0 Å². The second kappa shape index (κ2) is 6.22. The fraction of sp³-hybridized carbons (Fsp3) is 0.600. The molecule has 1 atom stereocenters. The predicted molar refractivity (Wildman–Crippen MR) is 71.9 cm³/mol. The highest BCUT2D eigenvalue weighted by Gasteiger charge is 2.42. The van der Waals surface area contributed by atoms with Crippen molar-refractivity contribution in [3.8, 4) is 5.75 Å². The van der Waals surface area contributed by atoms with Gasteiger partial charge in [0.25, 0.3) is 0 Å². The van der Waals surface area contributed by atoms with Crippen LogP contribution in [0.25, 0.3) is 0 Å². The maximum Gasteiger partial charge on any atom is 0.416 e. The van der Waals surface area contributed by atoms with E-state index in [1.807, 2.05) is 0 Å². The summed E-state index contributed by atoms with van der Waals surface area (Å²) in [7, 11) is 1.04. The average molecular weight is 341 g/mol. The molecule has 1 aromatic rings. The Morgan fingerprint density at radius 2 is 1.61 bits per heavy atom. The number of hydrogen-bond acceptors (Lipinski definition) is 2. The minimum Gasteiger partial charge on any atom is -0.496 e. The Kier molecular flexibility index (Phi) is 4.84. The van der Waals surface area contributed by atoms with Crippen LogP contribution in [0.5, 0.6) is 5.75 Å². The number of rotatable bonds is 3. The van der Waals surface area contributed by atoms with Gasteiger partial charge in [0.2, 0.25) is 0 Å². The SMILES string of the molecule is COc1cc(C(F)(F)F)cc(C(F)(F)F)c1[C@@H](N)C1CCCC1. The van der Waals surface area contributed by atoms with Crippen LogP contribution in [0.2, 0.25) is 0 Å². The fourth-order valence-electron chi connectivity index (χ4n) is 3.09. The van der Waals surface area contributed by atoms with Crippen molar-refractivity contribution in [3.05, 3.63) is 28.8 Å². The summed E-state index contributed by atoms with van der Waals surface area (Å²) in [5, 5.41) is 0. The topological polar surface area (TPSA) is 35.2 Å². The van der Waals surface area contributed by atoms with E-state index in [4.69, 9.17) is 10.5 Å². The zero-order valence-electron chi connectivity index (χ0n) is 12.4. The van der Waals surface area contributed by atoms with Crippen molar-refractivity contribution < 1.29 is 31.1 Å². The molecule has 0 amide bonds. The molecule has 2 rings (SSSR count). The average Bonchev–Trinajstić information content (AvgIpc) is 2.97. The highest BCUT2D eigenvalue weighted by Crippen LogP contribution is 2.46. The summed E-state index contributed by atoms with van der Waals surface area (Å²) in [6, 6.07) is -0.308. The molecular weight excluding hydrogens is 324 g/mol. The molecule has 0 radical (unpaired) electrons. The zero-order valence-corrected chi connectivity index (χ0v) is 12.4. The van der Waals surface area contributed by atoms with Crippen molar-refractivity contribution in [3.63, 3.8) is 0 Å². The molecular formula is C15H17F6NO. The van der Waals surface area contributed by atoms with Crippen molar-refractivity contribution in [2.45, 2.75) is 44.1 Å². The number of benzene rings is 1. The maximum atomic E-state index is 13.3. The van der Waals surface area contributed by atoms with Gasteiger partial charge in [-0.2, -0.15) is 26.3 Å². The van der Waals surface area contributed by atoms with Crippen molar-refractivity contribution in [2.75, 3.05) is 7.11 Å². The van der Waals surface area contributed by atoms with Crippen LogP contribution in [0.15, 0.2) is 12.1 Å². The lowest BCUT2D eigenvalue weighted by Crippen LogP contribution is -2.25. The number of alkyl halides is 6. The number of hydrogen-bond donors (Lipinski definition) is 1. The Morgan fingerprint density at radius 3 is 2.04 bits per heavy atom. The summed E-state index contributed by atoms with van der Waals surface area (Å²) in [6.07, 6.45) is -6.83. The van der Waals surface area contributed by atoms with Gasteiger partial charge >= 0.3 is 12.4 Å². The second-order valence-electron chi connectivity index (χ2n) is 5.71. The van der Waals surface area contributed by atoms with E-state index >= 15 is 0 Å². The summed E-state index contributed by atoms with van der Waals surface area (Å²) in [4.78, 5) is 0. The Balaban J connectivity index is 2.62. The highest BCUT2D eigenvalue weighted by atomic mass is 19.4. The van der Waals surface area contributed by atoms with E-state index in [0.717, 1.165) is 20.0 Å². The van der Waals surface area contributed by atoms with Crippen LogP contribution in [0.1, 0.15) is 48.4 Å². The predicted octanol–water partition coefficient (Wildman–Crippen LogP) is 4.92. The molecule has 0 aliphatic heterocycles. The molecule has 0 bridgehead atoms. The van der Waals surface area contributed by atoms with Gasteiger partial charge in [-0.15, -0.1) is 0 Å². The van der Waals surface area contributed by atoms with Crippen LogP contribution in [0.4, 0.5) is 26.3 Å². The molecule has 130 valence electrons. The van der Waals surface area contributed by atoms with Gasteiger partial charge in [0.05, 0.1) is 18.2 Å². The first kappa shape index (κ1) is 17.9. The van der Waals surface area contributed by atoms with Crippen molar-refractivity contribution in [1.82, 2.24) is 0 Å². The number of methoxy groups -OCH3 is 1. The monoisotopic (exact) mass is 341 g/mol. The zero-order chi connectivity index (χ0) is 17.4. The molecule has 1 aliphatic rings. The van der Waals surface area contributed by atoms with Crippen LogP contribution in [-0.2, 0) is 12.4 Å². The largest absolute Gasteiger partial charge is 0.496 e. The van der Waals surface area contributed by atoms with Gasteiger partial charge in [0.1, 0.15) is 5.75 Å². The van der Waals surface area contributed by atoms with E-state index in [1.54, 1.807) is 0 Å². The van der Waals surface area contributed by atoms with Gasteiger partial charge in [-0.25, -0.2) is 0 Å². The first-order chi connectivity index (χ1) is 10.6. The highest BCUT2D eigenvalue weighted by molar-refractivity contribution is 5.48. The summed E-state index contributed by atoms with van der Waals surface area (Å²) in [5.41, 5.74) is 2.81. The smallest absolute Gasteiger partial charge is 0.416 e. The standard InChI is InChI=1S/C15H17F6NO/c1-23-11-7-9(14(16,17)18)6-10(15(19,20)21)12(11)13(22)8-4-2-3-5-8/h6-8,13H,2-5,22H2,1H3/t13-/m0/s1. The van der Waals surface area contributed by atoms with Gasteiger partial charge in [0, 0.05) is 11.6 Å². The summed E-state index contributed by atoms with van der Waals surface area (Å²) in [6.45, 7) is 0. The van der Waals surface area contributed by atoms with Crippen LogP contribution in [0.3, 0.4) is 0 Å². The third-order valence-electron chi connectivity index (χ3n) is 4.24. The Hall–Kier alpha value is -1.44. The van der Waals surface area contributed by atoms with Crippen LogP contribution in [-0.4, -0.2) is 7.11 Å². The van der Waals surface area contributed by atoms with Gasteiger partial charge in [-0.1, -0.05) is 12.8 Å². The minimum absolute atomic E-state index is 0.118. The van der Waals surface area contributed by atoms with E-state index in [1.165, 1.54) is 0 Å². The van der Waals surface area contributed by atoms with Gasteiger partial charge < -0.3 is 10.5 Å². The lowest BCUT2D eigenvalue weighted by atomic mass is 9.87. The molecule has 2 N–H and O–H groups in total. The number of ether oxygens (including phenoxy) is 1. The molecule has 0 saturated heterocycles. The lowest BCUT2D eigenvalue weighted by Gasteiger charge is -2.26. The first-order valence-electron chi connectivity index (χ1n) is 7.17. The molecule has 0 unspecified atom stereocenters. The number of nitrogens with two attached hydrogens (primary N) is 1. The molecule has 1 aliphatic carbocycles. The molecule has 2 nitrogen and oxygen atoms in total. The van der Waals surface area contributed by atoms with E-state index in [9.17, 15) is 26.3 Å². The Morgan fingerprint density at radius 1 is 1.04 bits per heavy atom. The Bertz CT molecular complexity index is 560. The van der Waals surface area contributed by atoms with E-state index in [-0.39, 0.29) is 17.5 Å². The second-order valence-corrected chi connectivity index (χ2v) is 5.71. The fourth-order valence-corrected chi connectivity index (χ4v) is 3.09. The maximum absolute atomic E-state index is 13.3. The number of halogens is 6. The van der Waals surface area contributed by atoms with Crippen LogP contribution >= 0.6 is 0 Å². The summed E-state index contributed by atoms with van der Waals surface area (Å²) in [5.74, 6) is -0.659. The third kappa shape index (κ3) is 3.73. The molecule has 23 heavy (non-hydrogen) atoms. The van der Waals surface area contributed by atoms with E-state index in [0.29, 0.717) is 18.9 Å². The third-order valence-corrected chi connectivity index (χ3v) is 4.24. The normalized spacial score (nSPS) is 18.3. The van der Waals surface area contributed by atoms with Crippen molar-refractivity contribution in [1.29, 1.82) is 0 Å². The van der Waals surface area contributed by atoms with Crippen molar-refractivity contribution >= 4 is 0 Å². The van der Waals surface area contributed by atoms with Crippen molar-refractivity contribution in [2.24, 2.45) is 11.7 Å².